The van der Waals surface area contributed by atoms with Crippen molar-refractivity contribution in [3.8, 4) is 27.9 Å². The molecule has 0 unspecified atom stereocenters. The van der Waals surface area contributed by atoms with Gasteiger partial charge < -0.3 is 0 Å². The van der Waals surface area contributed by atoms with Gasteiger partial charge in [0.2, 0.25) is 0 Å². The molecule has 10 rings (SSSR count). The molecule has 10 aromatic rings. The second-order valence-corrected chi connectivity index (χ2v) is 12.3. The van der Waals surface area contributed by atoms with E-state index in [-0.39, 0.29) is 0 Å². The van der Waals surface area contributed by atoms with Crippen molar-refractivity contribution in [3.63, 3.8) is 0 Å². The molecular weight excluding hydrogens is 569 g/mol. The highest BCUT2D eigenvalue weighted by atomic mass is 15.0. The quantitative estimate of drug-likeness (QED) is 0.147. The van der Waals surface area contributed by atoms with Gasteiger partial charge in [-0.1, -0.05) is 127 Å². The molecule has 0 aliphatic heterocycles. The molecule has 0 saturated carbocycles. The second kappa shape index (κ2) is 10.1. The molecule has 2 aromatic heterocycles. The summed E-state index contributed by atoms with van der Waals surface area (Å²) in [5.41, 5.74) is 8.18. The Morgan fingerprint density at radius 1 is 0.362 bits per heavy atom. The van der Waals surface area contributed by atoms with Crippen LogP contribution in [0.3, 0.4) is 0 Å². The number of nitrogens with zero attached hydrogens (tertiary/aromatic N) is 2. The van der Waals surface area contributed by atoms with Crippen molar-refractivity contribution < 1.29 is 0 Å². The number of aromatic nitrogens is 2. The van der Waals surface area contributed by atoms with Crippen LogP contribution in [0.15, 0.2) is 170 Å². The summed E-state index contributed by atoms with van der Waals surface area (Å²) in [5.74, 6) is 0. The molecule has 2 heteroatoms. The molecule has 218 valence electrons. The molecule has 0 atom stereocenters. The maximum atomic E-state index is 4.84. The summed E-state index contributed by atoms with van der Waals surface area (Å²) in [6.45, 7) is 0. The average molecular weight is 597 g/mol. The molecule has 0 N–H and O–H groups in total. The van der Waals surface area contributed by atoms with Gasteiger partial charge in [0.25, 0.3) is 0 Å². The van der Waals surface area contributed by atoms with E-state index in [2.05, 4.69) is 162 Å². The van der Waals surface area contributed by atoms with Crippen molar-refractivity contribution in [2.24, 2.45) is 0 Å². The maximum Gasteiger partial charge on any atom is 0.145 e. The Balaban J connectivity index is 1.24. The number of pyridine rings is 1. The van der Waals surface area contributed by atoms with Crippen LogP contribution in [0.25, 0.3) is 93.0 Å². The minimum absolute atomic E-state index is 0.972. The molecule has 0 spiro atoms. The van der Waals surface area contributed by atoms with Gasteiger partial charge in [0.05, 0.1) is 5.52 Å². The molecular formula is C45H28N2. The molecule has 8 aromatic carbocycles. The van der Waals surface area contributed by atoms with Crippen LogP contribution in [0.4, 0.5) is 0 Å². The van der Waals surface area contributed by atoms with Gasteiger partial charge in [-0.2, -0.15) is 0 Å². The summed E-state index contributed by atoms with van der Waals surface area (Å²) in [6.07, 6.45) is 1.89. The highest BCUT2D eigenvalue weighted by Crippen LogP contribution is 2.45. The lowest BCUT2D eigenvalue weighted by Crippen LogP contribution is -1.96. The molecule has 0 fully saturated rings. The van der Waals surface area contributed by atoms with E-state index in [9.17, 15) is 0 Å². The smallest absolute Gasteiger partial charge is 0.145 e. The number of benzene rings is 8. The first kappa shape index (κ1) is 26.0. The Labute approximate surface area is 271 Å². The van der Waals surface area contributed by atoms with Gasteiger partial charge in [-0.15, -0.1) is 0 Å². The fraction of sp³-hybridized carbons (Fsp3) is 0. The van der Waals surface area contributed by atoms with Crippen LogP contribution in [0.1, 0.15) is 0 Å². The standard InChI is InChI=1S/C45H28N2/c1-2-14-34-29(11-1)22-23-30-27-32(24-25-35(30)34)44-39-18-5-3-16-37(39)43(38-17-4-6-19-40(38)44)31-12-9-13-33(28-31)47-42-21-8-7-15-36(42)41-20-10-26-46-45(41)47/h1-28H. The topological polar surface area (TPSA) is 17.8 Å². The van der Waals surface area contributed by atoms with Crippen LogP contribution in [0.2, 0.25) is 0 Å². The van der Waals surface area contributed by atoms with Gasteiger partial charge in [-0.3, -0.25) is 4.57 Å². The van der Waals surface area contributed by atoms with Gasteiger partial charge in [0.1, 0.15) is 5.65 Å². The van der Waals surface area contributed by atoms with Crippen LogP contribution in [0, 0.1) is 0 Å². The first-order valence-electron chi connectivity index (χ1n) is 16.1. The highest BCUT2D eigenvalue weighted by molar-refractivity contribution is 6.22. The molecule has 2 heterocycles. The number of fused-ring (bicyclic) bond motifs is 8. The third-order valence-electron chi connectivity index (χ3n) is 9.79. The van der Waals surface area contributed by atoms with Crippen LogP contribution in [-0.4, -0.2) is 9.55 Å². The summed E-state index contributed by atoms with van der Waals surface area (Å²) in [4.78, 5) is 4.84. The lowest BCUT2D eigenvalue weighted by molar-refractivity contribution is 1.14. The minimum Gasteiger partial charge on any atom is -0.294 e. The van der Waals surface area contributed by atoms with E-state index in [4.69, 9.17) is 4.98 Å². The lowest BCUT2D eigenvalue weighted by atomic mass is 9.85. The van der Waals surface area contributed by atoms with E-state index in [1.54, 1.807) is 0 Å². The molecule has 0 bridgehead atoms. The molecule has 0 radical (unpaired) electrons. The van der Waals surface area contributed by atoms with Crippen molar-refractivity contribution in [3.05, 3.63) is 170 Å². The van der Waals surface area contributed by atoms with Crippen LogP contribution < -0.4 is 0 Å². The Kier molecular flexibility index (Phi) is 5.61. The fourth-order valence-electron chi connectivity index (χ4n) is 7.78. The third kappa shape index (κ3) is 3.89. The average Bonchev–Trinajstić information content (AvgIpc) is 3.48. The molecule has 47 heavy (non-hydrogen) atoms. The van der Waals surface area contributed by atoms with Crippen molar-refractivity contribution >= 4 is 65.0 Å². The second-order valence-electron chi connectivity index (χ2n) is 12.3. The monoisotopic (exact) mass is 596 g/mol. The first-order valence-corrected chi connectivity index (χ1v) is 16.1. The zero-order valence-electron chi connectivity index (χ0n) is 25.6. The summed E-state index contributed by atoms with van der Waals surface area (Å²) < 4.78 is 2.30. The maximum absolute atomic E-state index is 4.84. The van der Waals surface area contributed by atoms with E-state index in [0.717, 1.165) is 22.2 Å². The molecule has 0 aliphatic rings. The van der Waals surface area contributed by atoms with E-state index in [1.807, 2.05) is 12.3 Å². The molecule has 0 saturated heterocycles. The largest absolute Gasteiger partial charge is 0.294 e. The van der Waals surface area contributed by atoms with Crippen LogP contribution >= 0.6 is 0 Å². The van der Waals surface area contributed by atoms with E-state index >= 15 is 0 Å². The summed E-state index contributed by atoms with van der Waals surface area (Å²) >= 11 is 0. The predicted molar refractivity (Wildman–Crippen MR) is 199 cm³/mol. The molecule has 0 aliphatic carbocycles. The van der Waals surface area contributed by atoms with E-state index in [0.29, 0.717) is 0 Å². The minimum atomic E-state index is 0.972. The number of rotatable bonds is 3. The molecule has 0 amide bonds. The SMILES string of the molecule is c1cc(-c2c3ccccc3c(-c3ccc4c(ccc5ccccc54)c3)c3ccccc23)cc(-n2c3ccccc3c3cccnc32)c1. The normalized spacial score (nSPS) is 11.8. The van der Waals surface area contributed by atoms with Gasteiger partial charge in [-0.25, -0.2) is 4.98 Å². The Morgan fingerprint density at radius 2 is 0.936 bits per heavy atom. The summed E-state index contributed by atoms with van der Waals surface area (Å²) in [7, 11) is 0. The number of hydrogen-bond donors (Lipinski definition) is 0. The van der Waals surface area contributed by atoms with Gasteiger partial charge >= 0.3 is 0 Å². The van der Waals surface area contributed by atoms with E-state index < -0.39 is 0 Å². The van der Waals surface area contributed by atoms with Crippen molar-refractivity contribution in [1.29, 1.82) is 0 Å². The highest BCUT2D eigenvalue weighted by Gasteiger charge is 2.18. The summed E-state index contributed by atoms with van der Waals surface area (Å²) in [6, 6.07) is 59.6. The number of para-hydroxylation sites is 1. The van der Waals surface area contributed by atoms with Crippen LogP contribution in [0.5, 0.6) is 0 Å². The van der Waals surface area contributed by atoms with Gasteiger partial charge in [-0.05, 0) is 102 Å². The van der Waals surface area contributed by atoms with Gasteiger partial charge in [0, 0.05) is 22.7 Å². The van der Waals surface area contributed by atoms with Crippen molar-refractivity contribution in [2.45, 2.75) is 0 Å². The first-order chi connectivity index (χ1) is 23.3. The van der Waals surface area contributed by atoms with Crippen molar-refractivity contribution in [2.75, 3.05) is 0 Å². The third-order valence-corrected chi connectivity index (χ3v) is 9.79. The van der Waals surface area contributed by atoms with E-state index in [1.165, 1.54) is 70.7 Å². The van der Waals surface area contributed by atoms with Crippen molar-refractivity contribution in [1.82, 2.24) is 9.55 Å². The Bertz CT molecular complexity index is 2750. The summed E-state index contributed by atoms with van der Waals surface area (Å²) in [5, 5.41) is 12.5. The lowest BCUT2D eigenvalue weighted by Gasteiger charge is -2.19. The Hall–Kier alpha value is -6.25. The van der Waals surface area contributed by atoms with Gasteiger partial charge in [0.15, 0.2) is 0 Å². The fourth-order valence-corrected chi connectivity index (χ4v) is 7.78. The predicted octanol–water partition coefficient (Wildman–Crippen LogP) is 12.1. The zero-order chi connectivity index (χ0) is 30.9. The van der Waals surface area contributed by atoms with Crippen LogP contribution in [-0.2, 0) is 0 Å². The number of hydrogen-bond acceptors (Lipinski definition) is 1. The Morgan fingerprint density at radius 3 is 1.68 bits per heavy atom. The molecule has 2 nitrogen and oxygen atoms in total. The zero-order valence-corrected chi connectivity index (χ0v) is 25.6.